The highest BCUT2D eigenvalue weighted by atomic mass is 16.7. The number of anilines is 1. The van der Waals surface area contributed by atoms with Gasteiger partial charge in [-0.3, -0.25) is 0 Å². The minimum Gasteiger partial charge on any atom is -0.488 e. The number of ether oxygens (including phenoxy) is 3. The third-order valence-electron chi connectivity index (χ3n) is 2.11. The molecule has 0 aliphatic heterocycles. The summed E-state index contributed by atoms with van der Waals surface area (Å²) in [6.07, 6.45) is -1.02. The van der Waals surface area contributed by atoms with Crippen LogP contribution in [0.25, 0.3) is 0 Å². The Balaban J connectivity index is 3.24. The number of carbonyl (C=O) groups is 2. The lowest BCUT2D eigenvalue weighted by Crippen LogP contribution is -2.14. The first kappa shape index (κ1) is 14.6. The van der Waals surface area contributed by atoms with Crippen molar-refractivity contribution >= 4 is 17.8 Å². The molecule has 0 heterocycles. The van der Waals surface area contributed by atoms with Crippen molar-refractivity contribution in [3.63, 3.8) is 0 Å². The maximum atomic E-state index is 11.3. The van der Waals surface area contributed by atoms with E-state index >= 15 is 0 Å². The van der Waals surface area contributed by atoms with Gasteiger partial charge in [0, 0.05) is 0 Å². The van der Waals surface area contributed by atoms with E-state index < -0.39 is 12.1 Å². The van der Waals surface area contributed by atoms with Crippen LogP contribution in [0.4, 0.5) is 10.5 Å². The molecule has 0 aromatic heterocycles. The Bertz CT molecular complexity index is 485. The van der Waals surface area contributed by atoms with Gasteiger partial charge in [-0.25, -0.2) is 9.59 Å². The SMILES string of the molecule is CCOC(=O)Oc1c(C(=O)O)ccc(N)c1OCC. The van der Waals surface area contributed by atoms with Crippen LogP contribution in [-0.4, -0.2) is 30.4 Å². The molecule has 7 nitrogen and oxygen atoms in total. The fourth-order valence-electron chi connectivity index (χ4n) is 1.37. The van der Waals surface area contributed by atoms with Gasteiger partial charge < -0.3 is 25.1 Å². The molecule has 0 saturated carbocycles. The van der Waals surface area contributed by atoms with E-state index in [0.717, 1.165) is 0 Å². The van der Waals surface area contributed by atoms with Crippen molar-refractivity contribution in [3.8, 4) is 11.5 Å². The second kappa shape index (κ2) is 6.48. The number of hydrogen-bond acceptors (Lipinski definition) is 6. The molecule has 1 rings (SSSR count). The van der Waals surface area contributed by atoms with Gasteiger partial charge in [0.1, 0.15) is 5.56 Å². The van der Waals surface area contributed by atoms with Gasteiger partial charge in [-0.05, 0) is 26.0 Å². The largest absolute Gasteiger partial charge is 0.513 e. The summed E-state index contributed by atoms with van der Waals surface area (Å²) >= 11 is 0. The van der Waals surface area contributed by atoms with Gasteiger partial charge in [0.05, 0.1) is 18.9 Å². The van der Waals surface area contributed by atoms with Crippen molar-refractivity contribution < 1.29 is 28.9 Å². The minimum absolute atomic E-state index is 0.00968. The number of hydrogen-bond donors (Lipinski definition) is 2. The number of carbonyl (C=O) groups excluding carboxylic acids is 1. The highest BCUT2D eigenvalue weighted by Crippen LogP contribution is 2.37. The van der Waals surface area contributed by atoms with Crippen molar-refractivity contribution in [2.75, 3.05) is 18.9 Å². The van der Waals surface area contributed by atoms with Gasteiger partial charge in [-0.1, -0.05) is 0 Å². The lowest BCUT2D eigenvalue weighted by atomic mass is 10.1. The van der Waals surface area contributed by atoms with Crippen LogP contribution in [0.2, 0.25) is 0 Å². The smallest absolute Gasteiger partial charge is 0.488 e. The zero-order valence-electron chi connectivity index (χ0n) is 10.6. The van der Waals surface area contributed by atoms with Crippen molar-refractivity contribution in [1.29, 1.82) is 0 Å². The molecule has 0 spiro atoms. The molecule has 0 aliphatic rings. The molecule has 0 bridgehead atoms. The molecule has 0 unspecified atom stereocenters. The molecule has 7 heteroatoms. The molecule has 0 atom stereocenters. The predicted molar refractivity (Wildman–Crippen MR) is 66.6 cm³/mol. The molecule has 3 N–H and O–H groups in total. The van der Waals surface area contributed by atoms with Gasteiger partial charge in [0.25, 0.3) is 0 Å². The maximum Gasteiger partial charge on any atom is 0.513 e. The summed E-state index contributed by atoms with van der Waals surface area (Å²) in [5.74, 6) is -1.51. The number of nitrogen functional groups attached to an aromatic ring is 1. The van der Waals surface area contributed by atoms with Crippen molar-refractivity contribution in [2.45, 2.75) is 13.8 Å². The molecule has 104 valence electrons. The monoisotopic (exact) mass is 269 g/mol. The van der Waals surface area contributed by atoms with Crippen LogP contribution in [-0.2, 0) is 4.74 Å². The van der Waals surface area contributed by atoms with Gasteiger partial charge >= 0.3 is 12.1 Å². The molecule has 0 fully saturated rings. The molecule has 0 saturated heterocycles. The standard InChI is InChI=1S/C12H15NO6/c1-3-17-10-8(13)6-5-7(11(14)15)9(10)19-12(16)18-4-2/h5-6H,3-4,13H2,1-2H3,(H,14,15). The average molecular weight is 269 g/mol. The van der Waals surface area contributed by atoms with E-state index in [1.165, 1.54) is 12.1 Å². The Labute approximate surface area is 109 Å². The van der Waals surface area contributed by atoms with E-state index in [1.54, 1.807) is 13.8 Å². The minimum atomic E-state index is -1.26. The van der Waals surface area contributed by atoms with Crippen LogP contribution in [0.1, 0.15) is 24.2 Å². The zero-order chi connectivity index (χ0) is 14.4. The lowest BCUT2D eigenvalue weighted by Gasteiger charge is -2.14. The average Bonchev–Trinajstić information content (AvgIpc) is 2.33. The summed E-state index contributed by atoms with van der Waals surface area (Å²) in [5, 5.41) is 9.06. The summed E-state index contributed by atoms with van der Waals surface area (Å²) in [4.78, 5) is 22.4. The highest BCUT2D eigenvalue weighted by Gasteiger charge is 2.22. The fraction of sp³-hybridized carbons (Fsp3) is 0.333. The Hall–Kier alpha value is -2.44. The summed E-state index contributed by atoms with van der Waals surface area (Å²) in [5.41, 5.74) is 5.62. The van der Waals surface area contributed by atoms with Gasteiger partial charge in [0.15, 0.2) is 11.5 Å². The van der Waals surface area contributed by atoms with Crippen LogP contribution < -0.4 is 15.2 Å². The van der Waals surface area contributed by atoms with E-state index in [0.29, 0.717) is 0 Å². The third kappa shape index (κ3) is 3.51. The molecule has 0 aliphatic carbocycles. The maximum absolute atomic E-state index is 11.3. The number of rotatable bonds is 5. The molecule has 19 heavy (non-hydrogen) atoms. The van der Waals surface area contributed by atoms with E-state index in [1.807, 2.05) is 0 Å². The van der Waals surface area contributed by atoms with Crippen LogP contribution in [0.5, 0.6) is 11.5 Å². The van der Waals surface area contributed by atoms with E-state index in [2.05, 4.69) is 4.74 Å². The molecular weight excluding hydrogens is 254 g/mol. The molecule has 0 radical (unpaired) electrons. The van der Waals surface area contributed by atoms with Crippen molar-refractivity contribution in [3.05, 3.63) is 17.7 Å². The van der Waals surface area contributed by atoms with Gasteiger partial charge in [-0.15, -0.1) is 0 Å². The Kier molecular flexibility index (Phi) is 4.99. The Morgan fingerprint density at radius 2 is 1.89 bits per heavy atom. The summed E-state index contributed by atoms with van der Waals surface area (Å²) < 4.78 is 14.7. The quantitative estimate of drug-likeness (QED) is 0.477. The van der Waals surface area contributed by atoms with Crippen LogP contribution in [0.3, 0.4) is 0 Å². The van der Waals surface area contributed by atoms with Crippen LogP contribution >= 0.6 is 0 Å². The normalized spacial score (nSPS) is 9.79. The second-order valence-corrected chi connectivity index (χ2v) is 3.38. The third-order valence-corrected chi connectivity index (χ3v) is 2.11. The number of carboxylic acids is 1. The Morgan fingerprint density at radius 3 is 2.42 bits per heavy atom. The topological polar surface area (TPSA) is 108 Å². The zero-order valence-corrected chi connectivity index (χ0v) is 10.6. The fourth-order valence-corrected chi connectivity index (χ4v) is 1.37. The number of nitrogens with two attached hydrogens (primary N) is 1. The van der Waals surface area contributed by atoms with E-state index in [9.17, 15) is 9.59 Å². The van der Waals surface area contributed by atoms with Gasteiger partial charge in [0.2, 0.25) is 0 Å². The first-order chi connectivity index (χ1) is 9.01. The first-order valence-electron chi connectivity index (χ1n) is 5.64. The summed E-state index contributed by atoms with van der Waals surface area (Å²) in [7, 11) is 0. The predicted octanol–water partition coefficient (Wildman–Crippen LogP) is 1.90. The molecular formula is C12H15NO6. The summed E-state index contributed by atoms with van der Waals surface area (Å²) in [6.45, 7) is 3.64. The van der Waals surface area contributed by atoms with E-state index in [4.69, 9.17) is 20.3 Å². The summed E-state index contributed by atoms with van der Waals surface area (Å²) in [6, 6.07) is 2.60. The van der Waals surface area contributed by atoms with Crippen molar-refractivity contribution in [2.24, 2.45) is 0 Å². The molecule has 1 aromatic carbocycles. The van der Waals surface area contributed by atoms with Gasteiger partial charge in [-0.2, -0.15) is 0 Å². The highest BCUT2D eigenvalue weighted by molar-refractivity contribution is 5.94. The number of benzene rings is 1. The number of carboxylic acid groups (broad SMARTS) is 1. The van der Waals surface area contributed by atoms with Crippen molar-refractivity contribution in [1.82, 2.24) is 0 Å². The molecule has 0 amide bonds. The number of aromatic carboxylic acids is 1. The second-order valence-electron chi connectivity index (χ2n) is 3.38. The Morgan fingerprint density at radius 1 is 1.21 bits per heavy atom. The lowest BCUT2D eigenvalue weighted by molar-refractivity contribution is 0.0689. The first-order valence-corrected chi connectivity index (χ1v) is 5.64. The molecule has 1 aromatic rings. The van der Waals surface area contributed by atoms with Crippen LogP contribution in [0, 0.1) is 0 Å². The van der Waals surface area contributed by atoms with E-state index in [-0.39, 0.29) is 36.0 Å². The van der Waals surface area contributed by atoms with Crippen LogP contribution in [0.15, 0.2) is 12.1 Å².